The van der Waals surface area contributed by atoms with Gasteiger partial charge in [-0.25, -0.2) is 0 Å². The zero-order chi connectivity index (χ0) is 21.8. The van der Waals surface area contributed by atoms with Gasteiger partial charge in [0.2, 0.25) is 0 Å². The number of hydrogen-bond donors (Lipinski definition) is 2. The van der Waals surface area contributed by atoms with Crippen molar-refractivity contribution in [1.29, 1.82) is 0 Å². The van der Waals surface area contributed by atoms with E-state index in [1.54, 1.807) is 0 Å². The van der Waals surface area contributed by atoms with Gasteiger partial charge in [0.05, 0.1) is 12.6 Å². The van der Waals surface area contributed by atoms with Crippen molar-refractivity contribution >= 4 is 33.9 Å². The van der Waals surface area contributed by atoms with Crippen LogP contribution >= 0.6 is 12.2 Å². The second-order valence-electron chi connectivity index (χ2n) is 8.21. The van der Waals surface area contributed by atoms with Crippen LogP contribution in [0, 0.1) is 6.92 Å². The Hall–Kier alpha value is -2.70. The summed E-state index contributed by atoms with van der Waals surface area (Å²) in [5, 5.41) is 4.97. The third-order valence-corrected chi connectivity index (χ3v) is 6.15. The summed E-state index contributed by atoms with van der Waals surface area (Å²) in [5.41, 5.74) is 4.86. The second kappa shape index (κ2) is 9.62. The third kappa shape index (κ3) is 5.32. The fourth-order valence-electron chi connectivity index (χ4n) is 3.97. The van der Waals surface area contributed by atoms with Crippen LogP contribution in [-0.4, -0.2) is 34.3 Å². The number of fused-ring (bicyclic) bond motifs is 1. The molecule has 31 heavy (non-hydrogen) atoms. The molecule has 0 spiro atoms. The topological polar surface area (TPSA) is 57.4 Å². The third-order valence-electron chi connectivity index (χ3n) is 5.79. The summed E-state index contributed by atoms with van der Waals surface area (Å²) >= 11 is 5.76. The number of benzene rings is 2. The molecular formula is C25H29N3O2S. The van der Waals surface area contributed by atoms with Crippen molar-refractivity contribution in [3.8, 4) is 0 Å². The fraction of sp³-hybridized carbons (Fsp3) is 0.360. The normalized spacial score (nSPS) is 15.9. The highest BCUT2D eigenvalue weighted by molar-refractivity contribution is 7.80. The molecule has 0 saturated carbocycles. The minimum Gasteiger partial charge on any atom is -0.376 e. The van der Waals surface area contributed by atoms with Crippen LogP contribution in [0.4, 0.5) is 5.69 Å². The van der Waals surface area contributed by atoms with Crippen LogP contribution in [0.2, 0.25) is 0 Å². The molecule has 0 amide bonds. The number of anilines is 1. The van der Waals surface area contributed by atoms with E-state index in [4.69, 9.17) is 17.0 Å². The predicted octanol–water partition coefficient (Wildman–Crippen LogP) is 4.78. The fourth-order valence-corrected chi connectivity index (χ4v) is 4.23. The molecule has 2 heterocycles. The van der Waals surface area contributed by atoms with E-state index in [0.29, 0.717) is 23.8 Å². The molecule has 4 rings (SSSR count). The number of nitrogens with one attached hydrogen (secondary N) is 2. The van der Waals surface area contributed by atoms with Gasteiger partial charge in [0.1, 0.15) is 0 Å². The lowest BCUT2D eigenvalue weighted by Crippen LogP contribution is -2.40. The molecule has 2 N–H and O–H groups in total. The van der Waals surface area contributed by atoms with Crippen molar-refractivity contribution < 1.29 is 4.74 Å². The molecule has 0 radical (unpaired) electrons. The molecule has 1 aliphatic rings. The SMILES string of the molecule is CCc1ccc(NC(=S)N(Cc2cc3cc(C)ccc3[nH]c2=O)CC2CCCO2)cc1. The van der Waals surface area contributed by atoms with Gasteiger partial charge in [0.25, 0.3) is 5.56 Å². The Morgan fingerprint density at radius 3 is 2.74 bits per heavy atom. The first kappa shape index (κ1) is 21.5. The molecule has 162 valence electrons. The highest BCUT2D eigenvalue weighted by Crippen LogP contribution is 2.18. The highest BCUT2D eigenvalue weighted by Gasteiger charge is 2.22. The molecule has 0 bridgehead atoms. The van der Waals surface area contributed by atoms with Crippen molar-refractivity contribution in [2.75, 3.05) is 18.5 Å². The molecule has 0 aliphatic carbocycles. The van der Waals surface area contributed by atoms with Gasteiger partial charge in [-0.3, -0.25) is 4.79 Å². The Labute approximate surface area is 188 Å². The van der Waals surface area contributed by atoms with Crippen molar-refractivity contribution in [3.63, 3.8) is 0 Å². The Kier molecular flexibility index (Phi) is 6.68. The van der Waals surface area contributed by atoms with Gasteiger partial charge in [0.15, 0.2) is 5.11 Å². The van der Waals surface area contributed by atoms with E-state index < -0.39 is 0 Å². The standard InChI is InChI=1S/C25H29N3O2S/c1-3-18-7-9-21(10-8-18)26-25(31)28(16-22-5-4-12-30-22)15-20-14-19-13-17(2)6-11-23(19)27-24(20)29/h6-11,13-14,22H,3-5,12,15-16H2,1-2H3,(H,26,31)(H,27,29). The molecule has 2 aromatic carbocycles. The number of thiocarbonyl (C=S) groups is 1. The van der Waals surface area contributed by atoms with Crippen LogP contribution in [0.25, 0.3) is 10.9 Å². The van der Waals surface area contributed by atoms with Crippen LogP contribution in [0.3, 0.4) is 0 Å². The number of H-pyrrole nitrogens is 1. The Morgan fingerprint density at radius 2 is 2.03 bits per heavy atom. The molecule has 3 aromatic rings. The van der Waals surface area contributed by atoms with Crippen molar-refractivity contribution in [2.45, 2.75) is 45.8 Å². The van der Waals surface area contributed by atoms with E-state index in [1.165, 1.54) is 5.56 Å². The minimum absolute atomic E-state index is 0.0798. The van der Waals surface area contributed by atoms with Crippen LogP contribution in [0.1, 0.15) is 36.5 Å². The Balaban J connectivity index is 1.58. The van der Waals surface area contributed by atoms with E-state index in [9.17, 15) is 4.79 Å². The van der Waals surface area contributed by atoms with Gasteiger partial charge in [-0.2, -0.15) is 0 Å². The molecule has 1 atom stereocenters. The molecule has 1 saturated heterocycles. The molecular weight excluding hydrogens is 406 g/mol. The van der Waals surface area contributed by atoms with Gasteiger partial charge in [-0.15, -0.1) is 0 Å². The summed E-state index contributed by atoms with van der Waals surface area (Å²) < 4.78 is 5.85. The lowest BCUT2D eigenvalue weighted by Gasteiger charge is -2.28. The first-order valence-electron chi connectivity index (χ1n) is 10.9. The Bertz CT molecular complexity index is 1120. The van der Waals surface area contributed by atoms with Crippen LogP contribution in [0.15, 0.2) is 53.3 Å². The maximum absolute atomic E-state index is 12.8. The second-order valence-corrected chi connectivity index (χ2v) is 8.60. The highest BCUT2D eigenvalue weighted by atomic mass is 32.1. The number of aryl methyl sites for hydroxylation is 2. The van der Waals surface area contributed by atoms with Crippen molar-refractivity contribution in [3.05, 3.63) is 75.6 Å². The van der Waals surface area contributed by atoms with Crippen LogP contribution in [-0.2, 0) is 17.7 Å². The van der Waals surface area contributed by atoms with Gasteiger partial charge in [-0.05, 0) is 79.7 Å². The van der Waals surface area contributed by atoms with Crippen molar-refractivity contribution in [2.24, 2.45) is 0 Å². The lowest BCUT2D eigenvalue weighted by molar-refractivity contribution is 0.0904. The number of ether oxygens (including phenoxy) is 1. The summed E-state index contributed by atoms with van der Waals surface area (Å²) in [5.74, 6) is 0. The maximum Gasteiger partial charge on any atom is 0.253 e. The largest absolute Gasteiger partial charge is 0.376 e. The molecule has 1 aliphatic heterocycles. The number of pyridine rings is 1. The van der Waals surface area contributed by atoms with Gasteiger partial charge in [0, 0.05) is 29.9 Å². The number of nitrogens with zero attached hydrogens (tertiary/aromatic N) is 1. The average molecular weight is 436 g/mol. The van der Waals surface area contributed by atoms with Gasteiger partial charge >= 0.3 is 0 Å². The van der Waals surface area contributed by atoms with E-state index >= 15 is 0 Å². The van der Waals surface area contributed by atoms with E-state index in [2.05, 4.69) is 42.3 Å². The van der Waals surface area contributed by atoms with Crippen LogP contribution < -0.4 is 10.9 Å². The summed E-state index contributed by atoms with van der Waals surface area (Å²) in [6, 6.07) is 16.3. The molecule has 1 fully saturated rings. The smallest absolute Gasteiger partial charge is 0.253 e. The quantitative estimate of drug-likeness (QED) is 0.546. The predicted molar refractivity (Wildman–Crippen MR) is 131 cm³/mol. The van der Waals surface area contributed by atoms with E-state index in [1.807, 2.05) is 35.2 Å². The zero-order valence-electron chi connectivity index (χ0n) is 18.1. The van der Waals surface area contributed by atoms with Crippen LogP contribution in [0.5, 0.6) is 0 Å². The summed E-state index contributed by atoms with van der Waals surface area (Å²) in [6.07, 6.45) is 3.20. The summed E-state index contributed by atoms with van der Waals surface area (Å²) in [4.78, 5) is 17.8. The number of aromatic nitrogens is 1. The maximum atomic E-state index is 12.8. The lowest BCUT2D eigenvalue weighted by atomic mass is 10.1. The number of hydrogen-bond acceptors (Lipinski definition) is 3. The van der Waals surface area contributed by atoms with Gasteiger partial charge < -0.3 is 19.9 Å². The average Bonchev–Trinajstić information content (AvgIpc) is 3.27. The molecule has 1 aromatic heterocycles. The monoisotopic (exact) mass is 435 g/mol. The van der Waals surface area contributed by atoms with Gasteiger partial charge in [-0.1, -0.05) is 30.7 Å². The Morgan fingerprint density at radius 1 is 1.23 bits per heavy atom. The first-order valence-corrected chi connectivity index (χ1v) is 11.3. The first-order chi connectivity index (χ1) is 15.0. The summed E-state index contributed by atoms with van der Waals surface area (Å²) in [6.45, 7) is 6.06. The summed E-state index contributed by atoms with van der Waals surface area (Å²) in [7, 11) is 0. The van der Waals surface area contributed by atoms with E-state index in [-0.39, 0.29) is 11.7 Å². The molecule has 5 nitrogen and oxygen atoms in total. The zero-order valence-corrected chi connectivity index (χ0v) is 18.9. The number of rotatable bonds is 6. The molecule has 6 heteroatoms. The van der Waals surface area contributed by atoms with E-state index in [0.717, 1.165) is 48.0 Å². The minimum atomic E-state index is -0.0798. The van der Waals surface area contributed by atoms with Crippen molar-refractivity contribution in [1.82, 2.24) is 9.88 Å². The molecule has 1 unspecified atom stereocenters. The number of aromatic amines is 1.